The number of nitrogens with zero attached hydrogens (tertiary/aromatic N) is 1. The smallest absolute Gasteiger partial charge is 0.166 e. The van der Waals surface area contributed by atoms with Gasteiger partial charge >= 0.3 is 0 Å². The highest BCUT2D eigenvalue weighted by atomic mass is 32.2. The second-order valence-corrected chi connectivity index (χ2v) is 7.13. The molecule has 2 N–H and O–H groups in total. The summed E-state index contributed by atoms with van der Waals surface area (Å²) in [5.74, 6) is 1.17. The van der Waals surface area contributed by atoms with Crippen LogP contribution >= 0.6 is 24.0 Å². The van der Waals surface area contributed by atoms with Crippen LogP contribution in [0, 0.1) is 0 Å². The molecule has 1 aromatic carbocycles. The lowest BCUT2D eigenvalue weighted by Crippen LogP contribution is -2.36. The second-order valence-electron chi connectivity index (χ2n) is 5.73. The predicted molar refractivity (Wildman–Crippen MR) is 103 cm³/mol. The van der Waals surface area contributed by atoms with Gasteiger partial charge in [0.1, 0.15) is 0 Å². The average molecular weight is 340 g/mol. The zero-order valence-electron chi connectivity index (χ0n) is 14.2. The van der Waals surface area contributed by atoms with E-state index in [9.17, 15) is 0 Å². The molecule has 0 unspecified atom stereocenters. The number of benzene rings is 1. The lowest BCUT2D eigenvalue weighted by molar-refractivity contribution is 0.265. The quantitative estimate of drug-likeness (QED) is 0.532. The highest BCUT2D eigenvalue weighted by Gasteiger charge is 2.08. The number of nitrogens with one attached hydrogen (secondary N) is 2. The molecule has 1 rings (SSSR count). The monoisotopic (exact) mass is 339 g/mol. The number of hydrogen-bond acceptors (Lipinski definition) is 3. The molecule has 0 amide bonds. The molecule has 0 aromatic heterocycles. The van der Waals surface area contributed by atoms with Crippen molar-refractivity contribution in [3.63, 3.8) is 0 Å². The standard InChI is InChI=1S/C17H29N3S2/c1-14(2)20(3)13-16-9-6-5-8-15(16)12-19-17(21)18-10-7-11-22-4/h5-6,8-9,14H,7,10-13H2,1-4H3,(H2,18,19,21). The minimum absolute atomic E-state index is 0.542. The van der Waals surface area contributed by atoms with E-state index >= 15 is 0 Å². The van der Waals surface area contributed by atoms with Crippen molar-refractivity contribution < 1.29 is 0 Å². The van der Waals surface area contributed by atoms with Crippen LogP contribution in [0.15, 0.2) is 24.3 Å². The van der Waals surface area contributed by atoms with Crippen LogP contribution in [-0.2, 0) is 13.1 Å². The molecular formula is C17H29N3S2. The van der Waals surface area contributed by atoms with Gasteiger partial charge in [0.15, 0.2) is 5.11 Å². The Kier molecular flexibility index (Phi) is 9.52. The minimum atomic E-state index is 0.542. The number of thiocarbonyl (C=S) groups is 1. The highest BCUT2D eigenvalue weighted by molar-refractivity contribution is 7.98. The van der Waals surface area contributed by atoms with E-state index in [0.717, 1.165) is 31.2 Å². The Morgan fingerprint density at radius 1 is 1.23 bits per heavy atom. The van der Waals surface area contributed by atoms with Crippen LogP contribution in [-0.4, -0.2) is 41.7 Å². The summed E-state index contributed by atoms with van der Waals surface area (Å²) >= 11 is 7.20. The molecule has 0 radical (unpaired) electrons. The predicted octanol–water partition coefficient (Wildman–Crippen LogP) is 3.24. The normalized spacial score (nSPS) is 11.0. The molecule has 0 spiro atoms. The van der Waals surface area contributed by atoms with Gasteiger partial charge in [-0.15, -0.1) is 0 Å². The molecule has 0 aliphatic carbocycles. The molecule has 0 saturated carbocycles. The van der Waals surface area contributed by atoms with Crippen LogP contribution in [0.25, 0.3) is 0 Å². The fourth-order valence-electron chi connectivity index (χ4n) is 1.99. The van der Waals surface area contributed by atoms with Crippen molar-refractivity contribution in [1.29, 1.82) is 0 Å². The molecule has 5 heteroatoms. The van der Waals surface area contributed by atoms with E-state index in [0.29, 0.717) is 6.04 Å². The van der Waals surface area contributed by atoms with E-state index < -0.39 is 0 Å². The summed E-state index contributed by atoms with van der Waals surface area (Å²) in [6, 6.07) is 9.11. The molecule has 0 aliphatic rings. The van der Waals surface area contributed by atoms with Crippen molar-refractivity contribution in [3.05, 3.63) is 35.4 Å². The first kappa shape index (κ1) is 19.3. The van der Waals surface area contributed by atoms with Crippen LogP contribution in [0.3, 0.4) is 0 Å². The fraction of sp³-hybridized carbons (Fsp3) is 0.588. The first-order valence-corrected chi connectivity index (χ1v) is 9.62. The molecule has 0 heterocycles. The van der Waals surface area contributed by atoms with E-state index in [4.69, 9.17) is 12.2 Å². The lowest BCUT2D eigenvalue weighted by atomic mass is 10.1. The Labute approximate surface area is 145 Å². The Balaban J connectivity index is 2.46. The lowest BCUT2D eigenvalue weighted by Gasteiger charge is -2.22. The van der Waals surface area contributed by atoms with Gasteiger partial charge in [0, 0.05) is 25.7 Å². The molecule has 0 atom stereocenters. The summed E-state index contributed by atoms with van der Waals surface area (Å²) in [5, 5.41) is 7.32. The van der Waals surface area contributed by atoms with Crippen molar-refractivity contribution in [3.8, 4) is 0 Å². The van der Waals surface area contributed by atoms with E-state index in [1.54, 1.807) is 0 Å². The number of thioether (sulfide) groups is 1. The van der Waals surface area contributed by atoms with Gasteiger partial charge in [-0.05, 0) is 62.7 Å². The zero-order valence-corrected chi connectivity index (χ0v) is 15.8. The largest absolute Gasteiger partial charge is 0.363 e. The molecule has 1 aromatic rings. The van der Waals surface area contributed by atoms with Crippen LogP contribution in [0.2, 0.25) is 0 Å². The van der Waals surface area contributed by atoms with E-state index in [-0.39, 0.29) is 0 Å². The van der Waals surface area contributed by atoms with E-state index in [1.165, 1.54) is 16.9 Å². The fourth-order valence-corrected chi connectivity index (χ4v) is 2.60. The van der Waals surface area contributed by atoms with Crippen molar-refractivity contribution >= 4 is 29.1 Å². The first-order chi connectivity index (χ1) is 10.5. The maximum atomic E-state index is 5.34. The molecule has 22 heavy (non-hydrogen) atoms. The van der Waals surface area contributed by atoms with Crippen molar-refractivity contribution in [2.75, 3.05) is 25.6 Å². The van der Waals surface area contributed by atoms with Gasteiger partial charge in [-0.25, -0.2) is 0 Å². The topological polar surface area (TPSA) is 27.3 Å². The molecule has 3 nitrogen and oxygen atoms in total. The third-order valence-corrected chi connectivity index (χ3v) is 4.66. The molecule has 124 valence electrons. The van der Waals surface area contributed by atoms with Gasteiger partial charge in [0.05, 0.1) is 0 Å². The molecule has 0 fully saturated rings. The van der Waals surface area contributed by atoms with Crippen LogP contribution in [0.5, 0.6) is 0 Å². The first-order valence-electron chi connectivity index (χ1n) is 7.82. The van der Waals surface area contributed by atoms with Crippen LogP contribution < -0.4 is 10.6 Å². The highest BCUT2D eigenvalue weighted by Crippen LogP contribution is 2.12. The third-order valence-electron chi connectivity index (χ3n) is 3.67. The Morgan fingerprint density at radius 2 is 1.91 bits per heavy atom. The summed E-state index contributed by atoms with van der Waals surface area (Å²) in [6.07, 6.45) is 3.26. The zero-order chi connectivity index (χ0) is 16.4. The van der Waals surface area contributed by atoms with Gasteiger partial charge in [-0.1, -0.05) is 24.3 Å². The van der Waals surface area contributed by atoms with Crippen molar-refractivity contribution in [1.82, 2.24) is 15.5 Å². The molecule has 0 bridgehead atoms. The maximum absolute atomic E-state index is 5.34. The molecule has 0 saturated heterocycles. The van der Waals surface area contributed by atoms with Gasteiger partial charge < -0.3 is 10.6 Å². The number of hydrogen-bond donors (Lipinski definition) is 2. The molecule has 0 aliphatic heterocycles. The number of rotatable bonds is 9. The second kappa shape index (κ2) is 10.9. The maximum Gasteiger partial charge on any atom is 0.166 e. The Bertz CT molecular complexity index is 449. The summed E-state index contributed by atoms with van der Waals surface area (Å²) in [4.78, 5) is 2.35. The van der Waals surface area contributed by atoms with E-state index in [1.807, 2.05) is 11.8 Å². The van der Waals surface area contributed by atoms with Gasteiger partial charge in [0.2, 0.25) is 0 Å². The Morgan fingerprint density at radius 3 is 2.55 bits per heavy atom. The average Bonchev–Trinajstić information content (AvgIpc) is 2.50. The van der Waals surface area contributed by atoms with Gasteiger partial charge in [-0.2, -0.15) is 11.8 Å². The summed E-state index contributed by atoms with van der Waals surface area (Å²) in [7, 11) is 2.16. The summed E-state index contributed by atoms with van der Waals surface area (Å²) in [5.41, 5.74) is 2.67. The third kappa shape index (κ3) is 7.47. The van der Waals surface area contributed by atoms with Gasteiger partial charge in [-0.3, -0.25) is 4.90 Å². The van der Waals surface area contributed by atoms with Crippen molar-refractivity contribution in [2.45, 2.75) is 39.4 Å². The van der Waals surface area contributed by atoms with Crippen LogP contribution in [0.1, 0.15) is 31.4 Å². The van der Waals surface area contributed by atoms with E-state index in [2.05, 4.69) is 66.9 Å². The Hall–Kier alpha value is -0.780. The summed E-state index contributed by atoms with van der Waals surface area (Å²) in [6.45, 7) is 7.10. The SMILES string of the molecule is CSCCCNC(=S)NCc1ccccc1CN(C)C(C)C. The van der Waals surface area contributed by atoms with Gasteiger partial charge in [0.25, 0.3) is 0 Å². The molecular weight excluding hydrogens is 310 g/mol. The van der Waals surface area contributed by atoms with Crippen LogP contribution in [0.4, 0.5) is 0 Å². The summed E-state index contributed by atoms with van der Waals surface area (Å²) < 4.78 is 0. The minimum Gasteiger partial charge on any atom is -0.363 e. The van der Waals surface area contributed by atoms with Crippen molar-refractivity contribution in [2.24, 2.45) is 0 Å².